The molecular weight excluding hydrogens is 213 g/mol. The van der Waals surface area contributed by atoms with Crippen molar-refractivity contribution in [3.05, 3.63) is 11.9 Å². The molecule has 0 bridgehead atoms. The van der Waals surface area contributed by atoms with E-state index in [0.717, 1.165) is 0 Å². The first-order chi connectivity index (χ1) is 7.50. The molecular formula is C10H16FN3O2. The summed E-state index contributed by atoms with van der Waals surface area (Å²) in [7, 11) is 3.22. The van der Waals surface area contributed by atoms with E-state index in [1.165, 1.54) is 15.9 Å². The first kappa shape index (κ1) is 12.5. The molecule has 0 aromatic carbocycles. The van der Waals surface area contributed by atoms with E-state index in [0.29, 0.717) is 13.0 Å². The van der Waals surface area contributed by atoms with Crippen LogP contribution in [-0.2, 0) is 4.79 Å². The molecule has 1 N–H and O–H groups in total. The van der Waals surface area contributed by atoms with Gasteiger partial charge in [0.1, 0.15) is 5.83 Å². The van der Waals surface area contributed by atoms with Gasteiger partial charge >= 0.3 is 6.03 Å². The van der Waals surface area contributed by atoms with Crippen LogP contribution in [0.15, 0.2) is 11.9 Å². The van der Waals surface area contributed by atoms with Crippen LogP contribution < -0.4 is 5.32 Å². The van der Waals surface area contributed by atoms with Crippen LogP contribution in [0.4, 0.5) is 9.18 Å². The Bertz CT molecular complexity index is 315. The zero-order valence-corrected chi connectivity index (χ0v) is 9.49. The summed E-state index contributed by atoms with van der Waals surface area (Å²) in [5, 5.41) is 2.46. The molecule has 0 aromatic rings. The number of likely N-dealkylation sites (N-methyl/N-ethyl adjacent to an activating group) is 1. The summed E-state index contributed by atoms with van der Waals surface area (Å²) in [6.45, 7) is 0.408. The minimum Gasteiger partial charge on any atom is -0.347 e. The second-order valence-corrected chi connectivity index (χ2v) is 3.81. The van der Waals surface area contributed by atoms with Gasteiger partial charge in [-0.1, -0.05) is 0 Å². The topological polar surface area (TPSA) is 52.7 Å². The Balaban J connectivity index is 2.36. The van der Waals surface area contributed by atoms with Crippen LogP contribution in [0.3, 0.4) is 0 Å². The highest BCUT2D eigenvalue weighted by atomic mass is 19.1. The summed E-state index contributed by atoms with van der Waals surface area (Å²) in [4.78, 5) is 25.5. The van der Waals surface area contributed by atoms with Crippen LogP contribution >= 0.6 is 0 Å². The van der Waals surface area contributed by atoms with Crippen molar-refractivity contribution in [1.29, 1.82) is 0 Å². The maximum atomic E-state index is 12.9. The lowest BCUT2D eigenvalue weighted by atomic mass is 10.2. The third-order valence-electron chi connectivity index (χ3n) is 2.28. The standard InChI is InChI=1S/C10H16FN3O2/c1-13(2)9(15)6-12-10(16)14-5-3-4-8(11)7-14/h4H,3,5-7H2,1-2H3,(H,12,16). The van der Waals surface area contributed by atoms with Crippen molar-refractivity contribution in [3.8, 4) is 0 Å². The van der Waals surface area contributed by atoms with Crippen LogP contribution in [-0.4, -0.2) is 55.5 Å². The van der Waals surface area contributed by atoms with Crippen molar-refractivity contribution in [2.75, 3.05) is 33.7 Å². The minimum absolute atomic E-state index is 0.0119. The fourth-order valence-corrected chi connectivity index (χ4v) is 1.30. The summed E-state index contributed by atoms with van der Waals surface area (Å²) in [5.74, 6) is -0.498. The maximum absolute atomic E-state index is 12.9. The van der Waals surface area contributed by atoms with Gasteiger partial charge in [-0.25, -0.2) is 9.18 Å². The normalized spacial score (nSPS) is 15.4. The molecule has 90 valence electrons. The predicted octanol–water partition coefficient (Wildman–Crippen LogP) is 0.343. The van der Waals surface area contributed by atoms with Gasteiger partial charge in [-0.15, -0.1) is 0 Å². The summed E-state index contributed by atoms with van der Waals surface area (Å²) in [6.07, 6.45) is 1.98. The molecule has 16 heavy (non-hydrogen) atoms. The highest BCUT2D eigenvalue weighted by Gasteiger charge is 2.18. The van der Waals surface area contributed by atoms with Crippen molar-refractivity contribution in [2.45, 2.75) is 6.42 Å². The Kier molecular flexibility index (Phi) is 4.28. The Morgan fingerprint density at radius 3 is 2.81 bits per heavy atom. The fourth-order valence-electron chi connectivity index (χ4n) is 1.30. The van der Waals surface area contributed by atoms with Crippen LogP contribution in [0.1, 0.15) is 6.42 Å². The van der Waals surface area contributed by atoms with Gasteiger partial charge < -0.3 is 15.1 Å². The van der Waals surface area contributed by atoms with Crippen LogP contribution in [0.5, 0.6) is 0 Å². The Labute approximate surface area is 93.9 Å². The van der Waals surface area contributed by atoms with Gasteiger partial charge in [0.25, 0.3) is 0 Å². The van der Waals surface area contributed by atoms with E-state index in [4.69, 9.17) is 0 Å². The molecule has 0 saturated heterocycles. The van der Waals surface area contributed by atoms with E-state index in [9.17, 15) is 14.0 Å². The predicted molar refractivity (Wildman–Crippen MR) is 57.5 cm³/mol. The van der Waals surface area contributed by atoms with Gasteiger partial charge in [0.05, 0.1) is 13.1 Å². The number of nitrogens with one attached hydrogen (secondary N) is 1. The average Bonchev–Trinajstić information content (AvgIpc) is 2.25. The van der Waals surface area contributed by atoms with E-state index in [-0.39, 0.29) is 24.8 Å². The molecule has 1 aliphatic heterocycles. The van der Waals surface area contributed by atoms with Crippen LogP contribution in [0.2, 0.25) is 0 Å². The van der Waals surface area contributed by atoms with Gasteiger partial charge in [0, 0.05) is 20.6 Å². The number of urea groups is 1. The lowest BCUT2D eigenvalue weighted by molar-refractivity contribution is -0.127. The van der Waals surface area contributed by atoms with E-state index in [2.05, 4.69) is 5.32 Å². The van der Waals surface area contributed by atoms with Gasteiger partial charge in [0.15, 0.2) is 0 Å². The smallest absolute Gasteiger partial charge is 0.318 e. The van der Waals surface area contributed by atoms with E-state index in [1.807, 2.05) is 0 Å². The van der Waals surface area contributed by atoms with Crippen molar-refractivity contribution < 1.29 is 14.0 Å². The number of rotatable bonds is 2. The van der Waals surface area contributed by atoms with Gasteiger partial charge in [-0.2, -0.15) is 0 Å². The number of halogens is 1. The number of carbonyl (C=O) groups is 2. The largest absolute Gasteiger partial charge is 0.347 e. The third kappa shape index (κ3) is 3.52. The lowest BCUT2D eigenvalue weighted by Gasteiger charge is -2.24. The Morgan fingerprint density at radius 2 is 2.25 bits per heavy atom. The van der Waals surface area contributed by atoms with Crippen molar-refractivity contribution in [1.82, 2.24) is 15.1 Å². The summed E-state index contributed by atoms with van der Waals surface area (Å²) >= 11 is 0. The molecule has 0 radical (unpaired) electrons. The summed E-state index contributed by atoms with van der Waals surface area (Å²) < 4.78 is 12.9. The molecule has 1 heterocycles. The SMILES string of the molecule is CN(C)C(=O)CNC(=O)N1CCC=C(F)C1. The van der Waals surface area contributed by atoms with Crippen LogP contribution in [0, 0.1) is 0 Å². The van der Waals surface area contributed by atoms with E-state index >= 15 is 0 Å². The number of hydrogen-bond acceptors (Lipinski definition) is 2. The Morgan fingerprint density at radius 1 is 1.56 bits per heavy atom. The molecule has 0 aromatic heterocycles. The molecule has 5 nitrogen and oxygen atoms in total. The van der Waals surface area contributed by atoms with E-state index in [1.54, 1.807) is 14.1 Å². The van der Waals surface area contributed by atoms with E-state index < -0.39 is 6.03 Å². The first-order valence-electron chi connectivity index (χ1n) is 5.08. The Hall–Kier alpha value is -1.59. The highest BCUT2D eigenvalue weighted by molar-refractivity contribution is 5.83. The highest BCUT2D eigenvalue weighted by Crippen LogP contribution is 2.09. The molecule has 3 amide bonds. The molecule has 1 aliphatic rings. The number of hydrogen-bond donors (Lipinski definition) is 1. The average molecular weight is 229 g/mol. The summed E-state index contributed by atoms with van der Waals surface area (Å²) in [5.41, 5.74) is 0. The number of nitrogens with zero attached hydrogens (tertiary/aromatic N) is 2. The molecule has 0 atom stereocenters. The minimum atomic E-state index is -0.404. The first-order valence-corrected chi connectivity index (χ1v) is 5.08. The molecule has 0 spiro atoms. The monoisotopic (exact) mass is 229 g/mol. The van der Waals surface area contributed by atoms with Gasteiger partial charge in [-0.3, -0.25) is 4.79 Å². The molecule has 0 saturated carbocycles. The fraction of sp³-hybridized carbons (Fsp3) is 0.600. The molecule has 0 aliphatic carbocycles. The van der Waals surface area contributed by atoms with Gasteiger partial charge in [-0.05, 0) is 12.5 Å². The zero-order chi connectivity index (χ0) is 12.1. The molecule has 0 unspecified atom stereocenters. The number of amides is 3. The molecule has 0 fully saturated rings. The zero-order valence-electron chi connectivity index (χ0n) is 9.49. The van der Waals surface area contributed by atoms with Crippen molar-refractivity contribution in [2.24, 2.45) is 0 Å². The van der Waals surface area contributed by atoms with Crippen LogP contribution in [0.25, 0.3) is 0 Å². The lowest BCUT2D eigenvalue weighted by Crippen LogP contribution is -2.45. The van der Waals surface area contributed by atoms with Gasteiger partial charge in [0.2, 0.25) is 5.91 Å². The third-order valence-corrected chi connectivity index (χ3v) is 2.28. The molecule has 6 heteroatoms. The molecule has 1 rings (SSSR count). The second kappa shape index (κ2) is 5.48. The van der Waals surface area contributed by atoms with Crippen molar-refractivity contribution >= 4 is 11.9 Å². The quantitative estimate of drug-likeness (QED) is 0.742. The van der Waals surface area contributed by atoms with Crippen molar-refractivity contribution in [3.63, 3.8) is 0 Å². The number of carbonyl (C=O) groups excluding carboxylic acids is 2. The second-order valence-electron chi connectivity index (χ2n) is 3.81. The summed E-state index contributed by atoms with van der Waals surface area (Å²) in [6, 6.07) is -0.404. The maximum Gasteiger partial charge on any atom is 0.318 e.